The second-order valence-electron chi connectivity index (χ2n) is 7.58. The first-order valence-corrected chi connectivity index (χ1v) is 12.9. The molecule has 27 heavy (non-hydrogen) atoms. The third-order valence-electron chi connectivity index (χ3n) is 5.57. The van der Waals surface area contributed by atoms with E-state index in [-0.39, 0.29) is 0 Å². The van der Waals surface area contributed by atoms with Gasteiger partial charge in [-0.3, -0.25) is 0 Å². The number of allylic oxidation sites excluding steroid dienone is 1. The number of benzene rings is 2. The van der Waals surface area contributed by atoms with Crippen LogP contribution in [0.3, 0.4) is 0 Å². The SMILES string of the molecule is C=CCCCCCCCCCC(=O)[Si](C)(c1ccccc1)c1ccccc1. The molecule has 0 N–H and O–H groups in total. The highest BCUT2D eigenvalue weighted by atomic mass is 28.3. The van der Waals surface area contributed by atoms with Crippen LogP contribution < -0.4 is 10.4 Å². The molecular formula is C25H34OSi. The molecule has 0 aliphatic carbocycles. The zero-order chi connectivity index (χ0) is 19.4. The predicted molar refractivity (Wildman–Crippen MR) is 121 cm³/mol. The fourth-order valence-electron chi connectivity index (χ4n) is 3.74. The van der Waals surface area contributed by atoms with E-state index in [1.54, 1.807) is 0 Å². The van der Waals surface area contributed by atoms with Crippen molar-refractivity contribution >= 4 is 23.9 Å². The Labute approximate surface area is 166 Å². The zero-order valence-electron chi connectivity index (χ0n) is 16.8. The predicted octanol–water partition coefficient (Wildman–Crippen LogP) is 5.68. The van der Waals surface area contributed by atoms with Crippen molar-refractivity contribution in [1.82, 2.24) is 0 Å². The van der Waals surface area contributed by atoms with Crippen molar-refractivity contribution in [2.75, 3.05) is 0 Å². The third-order valence-corrected chi connectivity index (χ3v) is 9.91. The van der Waals surface area contributed by atoms with Crippen molar-refractivity contribution in [1.29, 1.82) is 0 Å². The van der Waals surface area contributed by atoms with Crippen LogP contribution in [0.4, 0.5) is 0 Å². The molecular weight excluding hydrogens is 344 g/mol. The topological polar surface area (TPSA) is 17.1 Å². The molecule has 1 nitrogen and oxygen atoms in total. The lowest BCUT2D eigenvalue weighted by atomic mass is 10.1. The van der Waals surface area contributed by atoms with Gasteiger partial charge in [-0.15, -0.1) is 6.58 Å². The summed E-state index contributed by atoms with van der Waals surface area (Å²) in [6, 6.07) is 20.9. The van der Waals surface area contributed by atoms with E-state index in [2.05, 4.69) is 61.7 Å². The molecule has 0 saturated heterocycles. The molecule has 0 aliphatic rings. The van der Waals surface area contributed by atoms with Crippen molar-refractivity contribution < 1.29 is 4.79 Å². The van der Waals surface area contributed by atoms with E-state index < -0.39 is 8.07 Å². The summed E-state index contributed by atoms with van der Waals surface area (Å²) < 4.78 is 0. The highest BCUT2D eigenvalue weighted by molar-refractivity contribution is 7.21. The summed E-state index contributed by atoms with van der Waals surface area (Å²) in [5.74, 6) is 0. The molecule has 0 aliphatic heterocycles. The maximum Gasteiger partial charge on any atom is 0.190 e. The molecule has 0 fully saturated rings. The van der Waals surface area contributed by atoms with Gasteiger partial charge in [-0.05, 0) is 29.6 Å². The van der Waals surface area contributed by atoms with Crippen LogP contribution >= 0.6 is 0 Å². The Bertz CT molecular complexity index is 638. The van der Waals surface area contributed by atoms with Crippen molar-refractivity contribution in [3.8, 4) is 0 Å². The molecule has 2 rings (SSSR count). The lowest BCUT2D eigenvalue weighted by molar-refractivity contribution is -0.112. The standard InChI is InChI=1S/C25H34OSi/c1-3-4-5-6-7-8-9-10-17-22-25(26)27(2,23-18-13-11-14-19-23)24-20-15-12-16-21-24/h3,11-16,18-21H,1,4-10,17,22H2,2H3. The van der Waals surface area contributed by atoms with Crippen LogP contribution in [0.2, 0.25) is 6.55 Å². The van der Waals surface area contributed by atoms with E-state index in [0.29, 0.717) is 11.8 Å². The Morgan fingerprint density at radius 2 is 1.22 bits per heavy atom. The molecule has 0 spiro atoms. The average Bonchev–Trinajstić information content (AvgIpc) is 2.73. The van der Waals surface area contributed by atoms with Crippen LogP contribution in [0.1, 0.15) is 57.8 Å². The molecule has 0 aromatic heterocycles. The molecule has 0 radical (unpaired) electrons. The van der Waals surface area contributed by atoms with Gasteiger partial charge in [0, 0.05) is 6.42 Å². The molecule has 0 amide bonds. The maximum atomic E-state index is 13.3. The minimum atomic E-state index is -2.34. The van der Waals surface area contributed by atoms with Gasteiger partial charge in [0.05, 0.1) is 0 Å². The Balaban J connectivity index is 1.89. The van der Waals surface area contributed by atoms with Crippen LogP contribution in [-0.2, 0) is 4.79 Å². The molecule has 144 valence electrons. The molecule has 2 heteroatoms. The number of hydrogen-bond donors (Lipinski definition) is 0. The fourth-order valence-corrected chi connectivity index (χ4v) is 7.11. The van der Waals surface area contributed by atoms with E-state index in [9.17, 15) is 4.79 Å². The largest absolute Gasteiger partial charge is 0.305 e. The number of unbranched alkanes of at least 4 members (excludes halogenated alkanes) is 7. The van der Waals surface area contributed by atoms with Crippen LogP contribution in [0.5, 0.6) is 0 Å². The number of carbonyl (C=O) groups is 1. The summed E-state index contributed by atoms with van der Waals surface area (Å²) in [7, 11) is -2.34. The summed E-state index contributed by atoms with van der Waals surface area (Å²) in [6.07, 6.45) is 12.5. The molecule has 2 aromatic carbocycles. The maximum absolute atomic E-state index is 13.3. The first-order chi connectivity index (χ1) is 13.2. The quantitative estimate of drug-likeness (QED) is 0.249. The van der Waals surface area contributed by atoms with Gasteiger partial charge in [0.1, 0.15) is 5.41 Å². The van der Waals surface area contributed by atoms with Crippen LogP contribution in [0.25, 0.3) is 0 Å². The molecule has 0 atom stereocenters. The van der Waals surface area contributed by atoms with E-state index in [1.165, 1.54) is 48.9 Å². The van der Waals surface area contributed by atoms with Gasteiger partial charge >= 0.3 is 0 Å². The zero-order valence-corrected chi connectivity index (χ0v) is 17.8. The molecule has 0 unspecified atom stereocenters. The third kappa shape index (κ3) is 6.32. The van der Waals surface area contributed by atoms with E-state index in [4.69, 9.17) is 0 Å². The van der Waals surface area contributed by atoms with Crippen LogP contribution in [0, 0.1) is 0 Å². The van der Waals surface area contributed by atoms with E-state index in [1.807, 2.05) is 18.2 Å². The number of rotatable bonds is 13. The van der Waals surface area contributed by atoms with Gasteiger partial charge < -0.3 is 4.79 Å². The highest BCUT2D eigenvalue weighted by Crippen LogP contribution is 2.14. The molecule has 0 saturated carbocycles. The van der Waals surface area contributed by atoms with Gasteiger partial charge in [-0.1, -0.05) is 105 Å². The second kappa shape index (κ2) is 11.7. The van der Waals surface area contributed by atoms with E-state index in [0.717, 1.165) is 12.8 Å². The van der Waals surface area contributed by atoms with E-state index >= 15 is 0 Å². The number of carbonyl (C=O) groups excluding carboxylic acids is 1. The summed E-state index contributed by atoms with van der Waals surface area (Å²) in [5.41, 5.74) is 0. The lowest BCUT2D eigenvalue weighted by Gasteiger charge is -2.27. The van der Waals surface area contributed by atoms with Gasteiger partial charge in [-0.25, -0.2) is 0 Å². The van der Waals surface area contributed by atoms with Gasteiger partial charge in [-0.2, -0.15) is 0 Å². The first-order valence-electron chi connectivity index (χ1n) is 10.4. The molecule has 0 heterocycles. The van der Waals surface area contributed by atoms with Gasteiger partial charge in [0.2, 0.25) is 0 Å². The summed E-state index contributed by atoms with van der Waals surface area (Å²) in [6.45, 7) is 5.99. The summed E-state index contributed by atoms with van der Waals surface area (Å²) in [5, 5.41) is 2.91. The van der Waals surface area contributed by atoms with Crippen molar-refractivity contribution in [2.24, 2.45) is 0 Å². The minimum Gasteiger partial charge on any atom is -0.305 e. The van der Waals surface area contributed by atoms with Crippen molar-refractivity contribution in [3.63, 3.8) is 0 Å². The average molecular weight is 379 g/mol. The normalized spacial score (nSPS) is 11.3. The summed E-state index contributed by atoms with van der Waals surface area (Å²) >= 11 is 0. The van der Waals surface area contributed by atoms with Crippen LogP contribution in [0.15, 0.2) is 73.3 Å². The number of hydrogen-bond acceptors (Lipinski definition) is 1. The van der Waals surface area contributed by atoms with Gasteiger partial charge in [0.15, 0.2) is 8.07 Å². The Hall–Kier alpha value is -1.93. The smallest absolute Gasteiger partial charge is 0.190 e. The lowest BCUT2D eigenvalue weighted by Crippen LogP contribution is -2.62. The van der Waals surface area contributed by atoms with Crippen molar-refractivity contribution in [2.45, 2.75) is 64.3 Å². The van der Waals surface area contributed by atoms with Gasteiger partial charge in [0.25, 0.3) is 0 Å². The Morgan fingerprint density at radius 3 is 1.70 bits per heavy atom. The first kappa shape index (κ1) is 21.4. The minimum absolute atomic E-state index is 0.464. The molecule has 0 bridgehead atoms. The summed E-state index contributed by atoms with van der Waals surface area (Å²) in [4.78, 5) is 13.3. The Morgan fingerprint density at radius 1 is 0.778 bits per heavy atom. The van der Waals surface area contributed by atoms with Crippen LogP contribution in [-0.4, -0.2) is 13.5 Å². The monoisotopic (exact) mass is 378 g/mol. The fraction of sp³-hybridized carbons (Fsp3) is 0.400. The molecule has 2 aromatic rings. The van der Waals surface area contributed by atoms with Crippen molar-refractivity contribution in [3.05, 3.63) is 73.3 Å². The highest BCUT2D eigenvalue weighted by Gasteiger charge is 2.38. The second-order valence-corrected chi connectivity index (χ2v) is 11.5. The Kier molecular flexibility index (Phi) is 9.27.